The third kappa shape index (κ3) is 2.00. The molecule has 7 aromatic rings. The quantitative estimate of drug-likeness (QED) is 0.0889. The molecule has 148 valence electrons. The van der Waals surface area contributed by atoms with Gasteiger partial charge in [0.15, 0.2) is 12.0 Å². The van der Waals surface area contributed by atoms with E-state index in [0.717, 1.165) is 32.9 Å². The molecule has 3 heterocycles. The van der Waals surface area contributed by atoms with Crippen LogP contribution in [0.25, 0.3) is 59.8 Å². The number of aromatic nitrogens is 2. The monoisotopic (exact) mass is 515 g/mol. The Morgan fingerprint density at radius 1 is 0.839 bits per heavy atom. The minimum Gasteiger partial charge on any atom is -0.305 e. The van der Waals surface area contributed by atoms with Gasteiger partial charge in [-0.15, -0.1) is 0 Å². The van der Waals surface area contributed by atoms with E-state index in [4.69, 9.17) is 0 Å². The molecular formula is C27H17FIN2+. The van der Waals surface area contributed by atoms with Crippen molar-refractivity contribution in [3.63, 3.8) is 0 Å². The number of halogens is 2. The fourth-order valence-corrected chi connectivity index (χ4v) is 6.43. The van der Waals surface area contributed by atoms with Gasteiger partial charge in [-0.25, -0.2) is 8.96 Å². The number of nitrogens with zero attached hydrogens (tertiary/aromatic N) is 2. The highest BCUT2D eigenvalue weighted by atomic mass is 127. The molecule has 4 aromatic carbocycles. The van der Waals surface area contributed by atoms with Crippen molar-refractivity contribution in [2.24, 2.45) is 7.05 Å². The van der Waals surface area contributed by atoms with Crippen LogP contribution in [0.5, 0.6) is 0 Å². The summed E-state index contributed by atoms with van der Waals surface area (Å²) in [5.41, 5.74) is 5.03. The molecule has 4 heteroatoms. The second kappa shape index (κ2) is 5.82. The van der Waals surface area contributed by atoms with Gasteiger partial charge in [-0.1, -0.05) is 42.5 Å². The molecule has 0 N–H and O–H groups in total. The maximum atomic E-state index is 16.3. The van der Waals surface area contributed by atoms with Crippen LogP contribution < -0.4 is 4.57 Å². The molecule has 0 saturated heterocycles. The number of pyridine rings is 2. The number of hydrogen-bond acceptors (Lipinski definition) is 0. The predicted molar refractivity (Wildman–Crippen MR) is 135 cm³/mol. The van der Waals surface area contributed by atoms with Crippen molar-refractivity contribution in [3.8, 4) is 0 Å². The first kappa shape index (κ1) is 17.7. The number of benzene rings is 4. The van der Waals surface area contributed by atoms with Crippen LogP contribution in [0.1, 0.15) is 5.56 Å². The van der Waals surface area contributed by atoms with Crippen LogP contribution in [0.15, 0.2) is 66.9 Å². The van der Waals surface area contributed by atoms with Gasteiger partial charge < -0.3 is 4.40 Å². The molecule has 7 rings (SSSR count). The van der Waals surface area contributed by atoms with Crippen LogP contribution in [-0.4, -0.2) is 4.40 Å². The molecule has 0 fully saturated rings. The van der Waals surface area contributed by atoms with E-state index in [2.05, 4.69) is 82.1 Å². The Morgan fingerprint density at radius 3 is 2.35 bits per heavy atom. The van der Waals surface area contributed by atoms with Gasteiger partial charge in [0.05, 0.1) is 27.3 Å². The third-order valence-electron chi connectivity index (χ3n) is 6.84. The minimum atomic E-state index is -0.152. The van der Waals surface area contributed by atoms with Crippen molar-refractivity contribution in [3.05, 3.63) is 81.8 Å². The van der Waals surface area contributed by atoms with E-state index < -0.39 is 0 Å². The van der Waals surface area contributed by atoms with Gasteiger partial charge in [0.25, 0.3) is 0 Å². The van der Waals surface area contributed by atoms with Crippen molar-refractivity contribution in [2.45, 2.75) is 6.92 Å². The van der Waals surface area contributed by atoms with Crippen LogP contribution in [-0.2, 0) is 7.05 Å². The fraction of sp³-hybridized carbons (Fsp3) is 0.0741. The molecule has 0 aliphatic heterocycles. The maximum Gasteiger partial charge on any atom is 0.224 e. The molecule has 0 aliphatic carbocycles. The summed E-state index contributed by atoms with van der Waals surface area (Å²) < 4.78 is 21.9. The molecule has 31 heavy (non-hydrogen) atoms. The Kier molecular flexibility index (Phi) is 3.32. The van der Waals surface area contributed by atoms with E-state index in [1.165, 1.54) is 25.1 Å². The summed E-state index contributed by atoms with van der Waals surface area (Å²) >= 11 is 2.43. The van der Waals surface area contributed by atoms with Gasteiger partial charge >= 0.3 is 0 Å². The highest BCUT2D eigenvalue weighted by molar-refractivity contribution is 14.1. The zero-order chi connectivity index (χ0) is 21.0. The summed E-state index contributed by atoms with van der Waals surface area (Å²) in [6.07, 6.45) is 2.09. The smallest absolute Gasteiger partial charge is 0.224 e. The number of para-hydroxylation sites is 1. The van der Waals surface area contributed by atoms with Gasteiger partial charge in [-0.05, 0) is 58.0 Å². The molecule has 0 saturated carbocycles. The zero-order valence-electron chi connectivity index (χ0n) is 17.0. The summed E-state index contributed by atoms with van der Waals surface area (Å²) in [6.45, 7) is 2.13. The summed E-state index contributed by atoms with van der Waals surface area (Å²) in [6, 6.07) is 20.6. The summed E-state index contributed by atoms with van der Waals surface area (Å²) in [7, 11) is 2.06. The molecule has 0 aliphatic rings. The predicted octanol–water partition coefficient (Wildman–Crippen LogP) is 7.02. The zero-order valence-corrected chi connectivity index (χ0v) is 19.2. The second-order valence-electron chi connectivity index (χ2n) is 8.38. The molecule has 0 atom stereocenters. The van der Waals surface area contributed by atoms with E-state index >= 15 is 4.39 Å². The SMILES string of the molecule is Cc1c2ccccc2c(F)c2c1c1c3c(cc[n+]1C)cc(I)c1c4ccccc4n2c13. The average molecular weight is 515 g/mol. The highest BCUT2D eigenvalue weighted by Gasteiger charge is 2.28. The molecular weight excluding hydrogens is 498 g/mol. The molecule has 0 spiro atoms. The number of fused-ring (bicyclic) bond motifs is 7. The maximum absolute atomic E-state index is 16.3. The van der Waals surface area contributed by atoms with Gasteiger partial charge in [0.1, 0.15) is 7.05 Å². The van der Waals surface area contributed by atoms with E-state index in [1.807, 2.05) is 30.3 Å². The van der Waals surface area contributed by atoms with Crippen LogP contribution in [0.2, 0.25) is 0 Å². The third-order valence-corrected chi connectivity index (χ3v) is 7.69. The first-order chi connectivity index (χ1) is 15.1. The lowest BCUT2D eigenvalue weighted by Crippen LogP contribution is -2.29. The van der Waals surface area contributed by atoms with Crippen molar-refractivity contribution in [1.29, 1.82) is 0 Å². The Morgan fingerprint density at radius 2 is 1.55 bits per heavy atom. The Labute approximate surface area is 191 Å². The lowest BCUT2D eigenvalue weighted by Gasteiger charge is -2.16. The molecule has 0 radical (unpaired) electrons. The van der Waals surface area contributed by atoms with Gasteiger partial charge in [-0.3, -0.25) is 0 Å². The topological polar surface area (TPSA) is 8.29 Å². The summed E-state index contributed by atoms with van der Waals surface area (Å²) in [4.78, 5) is 0. The number of hydrogen-bond donors (Lipinski definition) is 0. The van der Waals surface area contributed by atoms with E-state index in [-0.39, 0.29) is 5.82 Å². The summed E-state index contributed by atoms with van der Waals surface area (Å²) in [5.74, 6) is -0.152. The highest BCUT2D eigenvalue weighted by Crippen LogP contribution is 2.44. The average Bonchev–Trinajstić information content (AvgIpc) is 3.14. The molecule has 3 aromatic heterocycles. The van der Waals surface area contributed by atoms with Crippen molar-refractivity contribution >= 4 is 82.4 Å². The largest absolute Gasteiger partial charge is 0.305 e. The number of aryl methyl sites for hydroxylation is 2. The number of rotatable bonds is 0. The van der Waals surface area contributed by atoms with Crippen molar-refractivity contribution in [1.82, 2.24) is 4.40 Å². The molecule has 0 bridgehead atoms. The van der Waals surface area contributed by atoms with Gasteiger partial charge in [0, 0.05) is 25.8 Å². The second-order valence-corrected chi connectivity index (χ2v) is 9.54. The Balaban J connectivity index is 2.03. The molecule has 0 unspecified atom stereocenters. The Bertz CT molecular complexity index is 1880. The fourth-order valence-electron chi connectivity index (χ4n) is 5.54. The minimum absolute atomic E-state index is 0.152. The first-order valence-electron chi connectivity index (χ1n) is 10.3. The van der Waals surface area contributed by atoms with Crippen LogP contribution in [0.4, 0.5) is 4.39 Å². The van der Waals surface area contributed by atoms with Crippen molar-refractivity contribution in [2.75, 3.05) is 0 Å². The lowest BCUT2D eigenvalue weighted by atomic mass is 9.95. The molecule has 2 nitrogen and oxygen atoms in total. The van der Waals surface area contributed by atoms with E-state index in [1.54, 1.807) is 0 Å². The van der Waals surface area contributed by atoms with Gasteiger partial charge in [0.2, 0.25) is 5.52 Å². The van der Waals surface area contributed by atoms with Crippen LogP contribution >= 0.6 is 22.6 Å². The van der Waals surface area contributed by atoms with Gasteiger partial charge in [-0.2, -0.15) is 0 Å². The van der Waals surface area contributed by atoms with Crippen LogP contribution in [0.3, 0.4) is 0 Å². The van der Waals surface area contributed by atoms with E-state index in [0.29, 0.717) is 10.9 Å². The van der Waals surface area contributed by atoms with Crippen molar-refractivity contribution < 1.29 is 8.96 Å². The normalized spacial score (nSPS) is 12.5. The summed E-state index contributed by atoms with van der Waals surface area (Å²) in [5, 5.41) is 7.38. The lowest BCUT2D eigenvalue weighted by molar-refractivity contribution is -0.643. The first-order valence-corrected chi connectivity index (χ1v) is 11.4. The van der Waals surface area contributed by atoms with Crippen LogP contribution in [0, 0.1) is 16.3 Å². The van der Waals surface area contributed by atoms with E-state index in [9.17, 15) is 0 Å². The standard InChI is InChI=1S/C27H17FIN2/c1-14-16-7-3-4-8-17(16)24(28)27-21(14)25-22-15(11-12-30(25)2)13-19(29)23-18-9-5-6-10-20(18)31(27)26(22)23/h3-13H,1-2H3/q+1. The Hall–Kier alpha value is -2.99. The molecule has 0 amide bonds.